The first-order valence-electron chi connectivity index (χ1n) is 3.69. The molecule has 1 nitrogen and oxygen atoms in total. The summed E-state index contributed by atoms with van der Waals surface area (Å²) in [6.07, 6.45) is 0. The molecule has 0 saturated carbocycles. The lowest BCUT2D eigenvalue weighted by Gasteiger charge is -2.02. The highest BCUT2D eigenvalue weighted by molar-refractivity contribution is 9.10. The van der Waals surface area contributed by atoms with Gasteiger partial charge in [-0.2, -0.15) is 0 Å². The van der Waals surface area contributed by atoms with Crippen LogP contribution in [-0.2, 0) is 0 Å². The molecule has 1 heterocycles. The largest absolute Gasteiger partial charge is 0.235 e. The lowest BCUT2D eigenvalue weighted by molar-refractivity contribution is 0.587. The van der Waals surface area contributed by atoms with Gasteiger partial charge in [-0.3, -0.25) is 0 Å². The highest BCUT2D eigenvalue weighted by atomic mass is 79.9. The van der Waals surface area contributed by atoms with Gasteiger partial charge in [-0.25, -0.2) is 13.8 Å². The number of rotatable bonds is 0. The Morgan fingerprint density at radius 3 is 2.64 bits per heavy atom. The van der Waals surface area contributed by atoms with E-state index in [0.717, 1.165) is 6.07 Å². The van der Waals surface area contributed by atoms with E-state index in [4.69, 9.17) is 11.6 Å². The molecule has 0 bridgehead atoms. The summed E-state index contributed by atoms with van der Waals surface area (Å²) in [5.41, 5.74) is 0.190. The number of aromatic nitrogens is 1. The van der Waals surface area contributed by atoms with Crippen molar-refractivity contribution in [3.05, 3.63) is 39.5 Å². The van der Waals surface area contributed by atoms with Crippen LogP contribution in [0.25, 0.3) is 10.9 Å². The van der Waals surface area contributed by atoms with Crippen molar-refractivity contribution in [3.63, 3.8) is 0 Å². The molecule has 2 rings (SSSR count). The summed E-state index contributed by atoms with van der Waals surface area (Å²) in [5.74, 6) is -1.34. The van der Waals surface area contributed by atoms with E-state index < -0.39 is 11.6 Å². The normalized spacial score (nSPS) is 10.9. The number of nitrogens with zero attached hydrogens (tertiary/aromatic N) is 1. The highest BCUT2D eigenvalue weighted by Gasteiger charge is 2.11. The van der Waals surface area contributed by atoms with Crippen LogP contribution in [0.15, 0.2) is 22.7 Å². The second-order valence-corrected chi connectivity index (χ2v) is 3.86. The average molecular weight is 278 g/mol. The third kappa shape index (κ3) is 1.48. The number of fused-ring (bicyclic) bond motifs is 1. The van der Waals surface area contributed by atoms with Crippen LogP contribution in [0, 0.1) is 11.6 Å². The molecule has 0 unspecified atom stereocenters. The lowest BCUT2D eigenvalue weighted by Crippen LogP contribution is -1.89. The Hall–Kier alpha value is -0.740. The third-order valence-electron chi connectivity index (χ3n) is 1.79. The smallest absolute Gasteiger partial charge is 0.142 e. The summed E-state index contributed by atoms with van der Waals surface area (Å²) in [7, 11) is 0. The van der Waals surface area contributed by atoms with Crippen molar-refractivity contribution < 1.29 is 8.78 Å². The number of benzene rings is 1. The van der Waals surface area contributed by atoms with Crippen LogP contribution < -0.4 is 0 Å². The third-order valence-corrected chi connectivity index (χ3v) is 2.75. The molecular formula is C9H3BrClF2N. The molecule has 0 aliphatic rings. The summed E-state index contributed by atoms with van der Waals surface area (Å²) in [6.45, 7) is 0. The lowest BCUT2D eigenvalue weighted by atomic mass is 10.2. The van der Waals surface area contributed by atoms with Crippen LogP contribution in [0.5, 0.6) is 0 Å². The molecule has 5 heteroatoms. The summed E-state index contributed by atoms with van der Waals surface area (Å²) in [6, 6.07) is 3.73. The van der Waals surface area contributed by atoms with Gasteiger partial charge < -0.3 is 0 Å². The maximum absolute atomic E-state index is 13.2. The Balaban J connectivity index is 2.95. The molecule has 72 valence electrons. The van der Waals surface area contributed by atoms with E-state index in [0.29, 0.717) is 0 Å². The summed E-state index contributed by atoms with van der Waals surface area (Å²) < 4.78 is 26.4. The fourth-order valence-electron chi connectivity index (χ4n) is 1.16. The van der Waals surface area contributed by atoms with Crippen molar-refractivity contribution in [2.24, 2.45) is 0 Å². The van der Waals surface area contributed by atoms with Crippen molar-refractivity contribution in [1.29, 1.82) is 0 Å². The molecule has 0 fully saturated rings. The van der Waals surface area contributed by atoms with Crippen molar-refractivity contribution in [2.75, 3.05) is 0 Å². The zero-order valence-electron chi connectivity index (χ0n) is 6.69. The first-order valence-corrected chi connectivity index (χ1v) is 4.86. The van der Waals surface area contributed by atoms with Crippen molar-refractivity contribution in [2.45, 2.75) is 0 Å². The van der Waals surface area contributed by atoms with Gasteiger partial charge in [0.1, 0.15) is 16.8 Å². The first kappa shape index (κ1) is 9.80. The Morgan fingerprint density at radius 1 is 1.21 bits per heavy atom. The van der Waals surface area contributed by atoms with Crippen LogP contribution in [-0.4, -0.2) is 4.98 Å². The first-order chi connectivity index (χ1) is 6.59. The molecule has 0 spiro atoms. The zero-order chi connectivity index (χ0) is 10.3. The summed E-state index contributed by atoms with van der Waals surface area (Å²) >= 11 is 8.60. The van der Waals surface area contributed by atoms with Gasteiger partial charge >= 0.3 is 0 Å². The fraction of sp³-hybridized carbons (Fsp3) is 0. The zero-order valence-corrected chi connectivity index (χ0v) is 9.03. The number of halogens is 4. The van der Waals surface area contributed by atoms with Gasteiger partial charge in [0.25, 0.3) is 0 Å². The number of pyridine rings is 1. The quantitative estimate of drug-likeness (QED) is 0.525. The predicted octanol–water partition coefficient (Wildman–Crippen LogP) is 3.93. The molecule has 0 amide bonds. The van der Waals surface area contributed by atoms with Gasteiger partial charge in [-0.05, 0) is 28.1 Å². The van der Waals surface area contributed by atoms with E-state index in [1.165, 1.54) is 12.1 Å². The molecule has 0 atom stereocenters. The second-order valence-electron chi connectivity index (χ2n) is 2.68. The predicted molar refractivity (Wildman–Crippen MR) is 54.4 cm³/mol. The SMILES string of the molecule is Fc1cc(F)c2ccc(Cl)nc2c1Br. The average Bonchev–Trinajstić information content (AvgIpc) is 2.14. The van der Waals surface area contributed by atoms with Crippen LogP contribution in [0.2, 0.25) is 5.15 Å². The molecule has 0 N–H and O–H groups in total. The van der Waals surface area contributed by atoms with E-state index in [1.807, 2.05) is 0 Å². The maximum atomic E-state index is 13.2. The topological polar surface area (TPSA) is 12.9 Å². The van der Waals surface area contributed by atoms with E-state index >= 15 is 0 Å². The van der Waals surface area contributed by atoms with Gasteiger partial charge in [0.05, 0.1) is 9.99 Å². The summed E-state index contributed by atoms with van der Waals surface area (Å²) in [4.78, 5) is 3.84. The van der Waals surface area contributed by atoms with Gasteiger partial charge in [0.2, 0.25) is 0 Å². The molecule has 0 radical (unpaired) electrons. The van der Waals surface area contributed by atoms with Gasteiger partial charge in [-0.15, -0.1) is 0 Å². The minimum absolute atomic E-state index is 0.122. The molecule has 0 saturated heterocycles. The number of hydrogen-bond donors (Lipinski definition) is 0. The highest BCUT2D eigenvalue weighted by Crippen LogP contribution is 2.28. The Bertz CT molecular complexity index is 516. The number of hydrogen-bond acceptors (Lipinski definition) is 1. The Labute approximate surface area is 91.8 Å². The van der Waals surface area contributed by atoms with Crippen LogP contribution in [0.4, 0.5) is 8.78 Å². The second kappa shape index (κ2) is 3.44. The van der Waals surface area contributed by atoms with E-state index in [2.05, 4.69) is 20.9 Å². The minimum atomic E-state index is -0.690. The van der Waals surface area contributed by atoms with E-state index in [1.54, 1.807) is 0 Å². The van der Waals surface area contributed by atoms with Gasteiger partial charge in [-0.1, -0.05) is 11.6 Å². The molecular weight excluding hydrogens is 275 g/mol. The van der Waals surface area contributed by atoms with Gasteiger partial charge in [0.15, 0.2) is 0 Å². The molecule has 14 heavy (non-hydrogen) atoms. The fourth-order valence-corrected chi connectivity index (χ4v) is 1.73. The summed E-state index contributed by atoms with van der Waals surface area (Å²) in [5, 5.41) is 0.436. The van der Waals surface area contributed by atoms with Crippen molar-refractivity contribution in [3.8, 4) is 0 Å². The standard InChI is InChI=1S/C9H3BrClF2N/c10-8-6(13)3-5(12)4-1-2-7(11)14-9(4)8/h1-3H. The molecule has 1 aromatic carbocycles. The minimum Gasteiger partial charge on any atom is -0.235 e. The molecule has 1 aromatic heterocycles. The molecule has 0 aliphatic carbocycles. The van der Waals surface area contributed by atoms with Crippen LogP contribution >= 0.6 is 27.5 Å². The molecule has 0 aliphatic heterocycles. The van der Waals surface area contributed by atoms with Crippen molar-refractivity contribution in [1.82, 2.24) is 4.98 Å². The van der Waals surface area contributed by atoms with E-state index in [9.17, 15) is 8.78 Å². The molecule has 2 aromatic rings. The Kier molecular flexibility index (Phi) is 2.41. The van der Waals surface area contributed by atoms with Crippen molar-refractivity contribution >= 4 is 38.4 Å². The Morgan fingerprint density at radius 2 is 1.93 bits per heavy atom. The van der Waals surface area contributed by atoms with Gasteiger partial charge in [0, 0.05) is 11.5 Å². The van der Waals surface area contributed by atoms with Crippen LogP contribution in [0.3, 0.4) is 0 Å². The van der Waals surface area contributed by atoms with E-state index in [-0.39, 0.29) is 20.5 Å². The maximum Gasteiger partial charge on any atom is 0.142 e. The van der Waals surface area contributed by atoms with Crippen LogP contribution in [0.1, 0.15) is 0 Å². The monoisotopic (exact) mass is 277 g/mol.